The molecule has 0 aliphatic rings. The average Bonchev–Trinajstić information content (AvgIpc) is 2.98. The smallest absolute Gasteiger partial charge is 0.169 e. The van der Waals surface area contributed by atoms with Crippen LogP contribution in [-0.4, -0.2) is 11.3 Å². The molecule has 0 aliphatic heterocycles. The van der Waals surface area contributed by atoms with Gasteiger partial charge in [-0.2, -0.15) is 0 Å². The number of aldehydes is 1. The van der Waals surface area contributed by atoms with Gasteiger partial charge in [0, 0.05) is 5.38 Å². The summed E-state index contributed by atoms with van der Waals surface area (Å²) < 4.78 is 5.89. The van der Waals surface area contributed by atoms with Crippen molar-refractivity contribution in [3.63, 3.8) is 0 Å². The van der Waals surface area contributed by atoms with Crippen LogP contribution in [0.25, 0.3) is 10.6 Å². The number of aromatic nitrogens is 1. The van der Waals surface area contributed by atoms with Gasteiger partial charge in [0.1, 0.15) is 22.2 Å². The molecule has 3 aromatic rings. The monoisotopic (exact) mass is 281 g/mol. The molecule has 1 aromatic heterocycles. The highest BCUT2D eigenvalue weighted by Crippen LogP contribution is 2.34. The first-order valence-corrected chi connectivity index (χ1v) is 6.98. The van der Waals surface area contributed by atoms with Crippen LogP contribution in [0.5, 0.6) is 11.5 Å². The zero-order valence-electron chi connectivity index (χ0n) is 10.5. The first kappa shape index (κ1) is 12.6. The molecule has 2 aromatic carbocycles. The van der Waals surface area contributed by atoms with Gasteiger partial charge in [0.05, 0.1) is 5.56 Å². The van der Waals surface area contributed by atoms with Crippen molar-refractivity contribution >= 4 is 17.6 Å². The number of nitrogens with zero attached hydrogens (tertiary/aromatic N) is 1. The summed E-state index contributed by atoms with van der Waals surface area (Å²) in [4.78, 5) is 15.0. The van der Waals surface area contributed by atoms with E-state index in [0.717, 1.165) is 28.4 Å². The molecule has 0 fully saturated rings. The molecule has 0 atom stereocenters. The van der Waals surface area contributed by atoms with E-state index in [-0.39, 0.29) is 0 Å². The Bertz CT molecular complexity index is 722. The quantitative estimate of drug-likeness (QED) is 0.665. The van der Waals surface area contributed by atoms with Gasteiger partial charge in [-0.05, 0) is 24.3 Å². The Morgan fingerprint density at radius 2 is 1.75 bits per heavy atom. The first-order chi connectivity index (χ1) is 9.86. The van der Waals surface area contributed by atoms with Crippen LogP contribution in [0.2, 0.25) is 0 Å². The lowest BCUT2D eigenvalue weighted by Gasteiger charge is -2.09. The maximum Gasteiger partial charge on any atom is 0.169 e. The van der Waals surface area contributed by atoms with Crippen LogP contribution < -0.4 is 4.74 Å². The fourth-order valence-corrected chi connectivity index (χ4v) is 2.61. The van der Waals surface area contributed by atoms with E-state index in [2.05, 4.69) is 4.98 Å². The molecule has 3 nitrogen and oxygen atoms in total. The lowest BCUT2D eigenvalue weighted by molar-refractivity contribution is 0.111. The van der Waals surface area contributed by atoms with Crippen LogP contribution in [0.3, 0.4) is 0 Å². The predicted molar refractivity (Wildman–Crippen MR) is 79.5 cm³/mol. The molecule has 0 saturated heterocycles. The predicted octanol–water partition coefficient (Wildman–Crippen LogP) is 4.41. The number of benzene rings is 2. The van der Waals surface area contributed by atoms with Crippen LogP contribution in [-0.2, 0) is 0 Å². The molecule has 0 aliphatic carbocycles. The maximum absolute atomic E-state index is 10.7. The van der Waals surface area contributed by atoms with Crippen molar-refractivity contribution in [3.05, 3.63) is 65.7 Å². The molecule has 0 bridgehead atoms. The van der Waals surface area contributed by atoms with Crippen molar-refractivity contribution in [2.75, 3.05) is 0 Å². The summed E-state index contributed by atoms with van der Waals surface area (Å²) in [5.74, 6) is 1.50. The summed E-state index contributed by atoms with van der Waals surface area (Å²) in [5, 5.41) is 2.51. The second kappa shape index (κ2) is 5.67. The van der Waals surface area contributed by atoms with Crippen LogP contribution in [0.4, 0.5) is 0 Å². The second-order valence-corrected chi connectivity index (χ2v) is 4.96. The molecule has 0 unspecified atom stereocenters. The Balaban J connectivity index is 1.98. The first-order valence-electron chi connectivity index (χ1n) is 6.10. The van der Waals surface area contributed by atoms with E-state index in [4.69, 9.17) is 4.74 Å². The largest absolute Gasteiger partial charge is 0.457 e. The highest BCUT2D eigenvalue weighted by molar-refractivity contribution is 7.13. The fourth-order valence-electron chi connectivity index (χ4n) is 1.81. The summed E-state index contributed by atoms with van der Waals surface area (Å²) in [6.07, 6.45) is 0.751. The molecular formula is C16H11NO2S. The van der Waals surface area contributed by atoms with Crippen molar-refractivity contribution < 1.29 is 9.53 Å². The van der Waals surface area contributed by atoms with Crippen LogP contribution >= 0.6 is 11.3 Å². The number of carbonyl (C=O) groups excluding carboxylic acids is 1. The molecule has 0 spiro atoms. The van der Waals surface area contributed by atoms with E-state index < -0.39 is 0 Å². The number of ether oxygens (including phenoxy) is 1. The Labute approximate surface area is 120 Å². The lowest BCUT2D eigenvalue weighted by atomic mass is 10.2. The summed E-state index contributed by atoms with van der Waals surface area (Å²) >= 11 is 1.43. The summed E-state index contributed by atoms with van der Waals surface area (Å²) in [5.41, 5.74) is 1.33. The number of carbonyl (C=O) groups is 1. The highest BCUT2D eigenvalue weighted by atomic mass is 32.1. The molecule has 3 rings (SSSR count). The van der Waals surface area contributed by atoms with Crippen molar-refractivity contribution in [1.82, 2.24) is 4.98 Å². The van der Waals surface area contributed by atoms with Crippen molar-refractivity contribution in [2.45, 2.75) is 0 Å². The molecule has 4 heteroatoms. The van der Waals surface area contributed by atoms with E-state index in [1.807, 2.05) is 54.6 Å². The van der Waals surface area contributed by atoms with E-state index in [1.165, 1.54) is 11.3 Å². The van der Waals surface area contributed by atoms with Gasteiger partial charge in [-0.25, -0.2) is 4.98 Å². The summed E-state index contributed by atoms with van der Waals surface area (Å²) in [7, 11) is 0. The van der Waals surface area contributed by atoms with E-state index in [1.54, 1.807) is 5.38 Å². The Morgan fingerprint density at radius 1 is 1.00 bits per heavy atom. The molecule has 0 saturated carbocycles. The van der Waals surface area contributed by atoms with Crippen LogP contribution in [0.1, 0.15) is 10.5 Å². The lowest BCUT2D eigenvalue weighted by Crippen LogP contribution is -1.88. The van der Waals surface area contributed by atoms with E-state index in [0.29, 0.717) is 5.69 Å². The molecule has 0 N–H and O–H groups in total. The SMILES string of the molecule is O=Cc1csc(-c2ccccc2Oc2ccccc2)n1. The average molecular weight is 281 g/mol. The van der Waals surface area contributed by atoms with Crippen LogP contribution in [0, 0.1) is 0 Å². The Kier molecular flexibility index (Phi) is 3.56. The molecule has 0 amide bonds. The fraction of sp³-hybridized carbons (Fsp3) is 0. The third-order valence-electron chi connectivity index (χ3n) is 2.73. The maximum atomic E-state index is 10.7. The van der Waals surface area contributed by atoms with Gasteiger partial charge < -0.3 is 4.74 Å². The van der Waals surface area contributed by atoms with Gasteiger partial charge in [0.15, 0.2) is 6.29 Å². The molecule has 20 heavy (non-hydrogen) atoms. The third kappa shape index (κ3) is 2.60. The highest BCUT2D eigenvalue weighted by Gasteiger charge is 2.10. The number of hydrogen-bond donors (Lipinski definition) is 0. The minimum absolute atomic E-state index is 0.444. The van der Waals surface area contributed by atoms with Gasteiger partial charge in [0.25, 0.3) is 0 Å². The Morgan fingerprint density at radius 3 is 2.50 bits per heavy atom. The van der Waals surface area contributed by atoms with Gasteiger partial charge in [0.2, 0.25) is 0 Å². The van der Waals surface area contributed by atoms with Crippen molar-refractivity contribution in [3.8, 4) is 22.1 Å². The van der Waals surface area contributed by atoms with Crippen molar-refractivity contribution in [2.24, 2.45) is 0 Å². The third-order valence-corrected chi connectivity index (χ3v) is 3.62. The van der Waals surface area contributed by atoms with Gasteiger partial charge >= 0.3 is 0 Å². The second-order valence-electron chi connectivity index (χ2n) is 4.11. The zero-order valence-corrected chi connectivity index (χ0v) is 11.3. The molecule has 1 heterocycles. The minimum Gasteiger partial charge on any atom is -0.457 e. The zero-order chi connectivity index (χ0) is 13.8. The number of thiazole rings is 1. The van der Waals surface area contributed by atoms with Gasteiger partial charge in [-0.15, -0.1) is 11.3 Å². The summed E-state index contributed by atoms with van der Waals surface area (Å²) in [6.45, 7) is 0. The number of hydrogen-bond acceptors (Lipinski definition) is 4. The van der Waals surface area contributed by atoms with E-state index in [9.17, 15) is 4.79 Å². The van der Waals surface area contributed by atoms with Crippen LogP contribution in [0.15, 0.2) is 60.0 Å². The number of para-hydroxylation sites is 2. The topological polar surface area (TPSA) is 39.2 Å². The molecular weight excluding hydrogens is 270 g/mol. The number of rotatable bonds is 4. The van der Waals surface area contributed by atoms with Crippen molar-refractivity contribution in [1.29, 1.82) is 0 Å². The summed E-state index contributed by atoms with van der Waals surface area (Å²) in [6, 6.07) is 17.2. The normalized spacial score (nSPS) is 10.2. The van der Waals surface area contributed by atoms with Gasteiger partial charge in [-0.3, -0.25) is 4.79 Å². The minimum atomic E-state index is 0.444. The molecule has 0 radical (unpaired) electrons. The molecule has 98 valence electrons. The van der Waals surface area contributed by atoms with Gasteiger partial charge in [-0.1, -0.05) is 30.3 Å². The standard InChI is InChI=1S/C16H11NO2S/c18-10-12-11-20-16(17-12)14-8-4-5-9-15(14)19-13-6-2-1-3-7-13/h1-11H. The Hall–Kier alpha value is -2.46. The van der Waals surface area contributed by atoms with E-state index >= 15 is 0 Å².